The minimum absolute atomic E-state index is 0.273. The minimum Gasteiger partial charge on any atom is -0.394 e. The Labute approximate surface area is 85.8 Å². The van der Waals surface area contributed by atoms with Gasteiger partial charge in [-0.2, -0.15) is 0 Å². The van der Waals surface area contributed by atoms with Crippen molar-refractivity contribution in [2.75, 3.05) is 6.61 Å². The number of ether oxygens (including phenoxy) is 1. The van der Waals surface area contributed by atoms with Crippen LogP contribution in [0.4, 0.5) is 0 Å². The number of aliphatic hydroxyl groups excluding tert-OH is 3. The zero-order valence-electron chi connectivity index (χ0n) is 7.70. The molecular weight excluding hydrogens is 206 g/mol. The van der Waals surface area contributed by atoms with Crippen molar-refractivity contribution in [3.8, 4) is 0 Å². The predicted octanol–water partition coefficient (Wildman–Crippen LogP) is -1.04. The zero-order chi connectivity index (χ0) is 10.3. The van der Waals surface area contributed by atoms with Crippen LogP contribution >= 0.6 is 11.8 Å². The van der Waals surface area contributed by atoms with Crippen LogP contribution < -0.4 is 0 Å². The van der Waals surface area contributed by atoms with Gasteiger partial charge in [0.15, 0.2) is 0 Å². The topological polar surface area (TPSA) is 82.3 Å². The van der Waals surface area contributed by atoms with Gasteiger partial charge in [-0.05, 0) is 6.92 Å². The normalized spacial score (nSPS) is 47.4. The van der Waals surface area contributed by atoms with Gasteiger partial charge in [-0.25, -0.2) is 0 Å². The Bertz CT molecular complexity index is 260. The van der Waals surface area contributed by atoms with Gasteiger partial charge in [0.2, 0.25) is 0 Å². The molecule has 0 aromatic rings. The van der Waals surface area contributed by atoms with Crippen LogP contribution in [0.25, 0.3) is 0 Å². The lowest BCUT2D eigenvalue weighted by molar-refractivity contribution is -0.164. The molecule has 2 aliphatic rings. The van der Waals surface area contributed by atoms with Crippen molar-refractivity contribution in [1.82, 2.24) is 0 Å². The summed E-state index contributed by atoms with van der Waals surface area (Å²) in [7, 11) is 0. The Morgan fingerprint density at radius 2 is 2.14 bits per heavy atom. The van der Waals surface area contributed by atoms with Crippen LogP contribution in [0.2, 0.25) is 0 Å². The highest BCUT2D eigenvalue weighted by Crippen LogP contribution is 2.36. The number of aliphatic imine (C=N–C) groups is 1. The van der Waals surface area contributed by atoms with E-state index in [2.05, 4.69) is 4.99 Å². The maximum Gasteiger partial charge on any atom is 0.134 e. The van der Waals surface area contributed by atoms with Crippen LogP contribution in [0.5, 0.6) is 0 Å². The van der Waals surface area contributed by atoms with E-state index in [1.165, 1.54) is 11.8 Å². The van der Waals surface area contributed by atoms with E-state index in [1.54, 1.807) is 0 Å². The molecule has 3 unspecified atom stereocenters. The first-order chi connectivity index (χ1) is 6.63. The molecule has 5 nitrogen and oxygen atoms in total. The van der Waals surface area contributed by atoms with Gasteiger partial charge < -0.3 is 20.1 Å². The first kappa shape index (κ1) is 10.4. The molecule has 6 heteroatoms. The van der Waals surface area contributed by atoms with E-state index in [0.29, 0.717) is 0 Å². The Morgan fingerprint density at radius 3 is 2.79 bits per heavy atom. The van der Waals surface area contributed by atoms with Crippen molar-refractivity contribution in [1.29, 1.82) is 0 Å². The van der Waals surface area contributed by atoms with Gasteiger partial charge in [0.1, 0.15) is 29.8 Å². The van der Waals surface area contributed by atoms with Gasteiger partial charge in [-0.1, -0.05) is 11.8 Å². The highest BCUT2D eigenvalue weighted by molar-refractivity contribution is 8.14. The number of aliphatic hydroxyl groups is 3. The molecule has 2 rings (SSSR count). The molecule has 5 atom stereocenters. The van der Waals surface area contributed by atoms with Crippen LogP contribution in [0, 0.1) is 0 Å². The summed E-state index contributed by atoms with van der Waals surface area (Å²) < 4.78 is 5.40. The minimum atomic E-state index is -1.06. The summed E-state index contributed by atoms with van der Waals surface area (Å²) in [6.07, 6.45) is -2.72. The molecule has 0 aliphatic carbocycles. The first-order valence-electron chi connectivity index (χ1n) is 4.47. The zero-order valence-corrected chi connectivity index (χ0v) is 8.52. The Hall–Kier alpha value is -0.140. The monoisotopic (exact) mass is 219 g/mol. The van der Waals surface area contributed by atoms with Gasteiger partial charge in [0.05, 0.1) is 11.7 Å². The van der Waals surface area contributed by atoms with Gasteiger partial charge in [-0.3, -0.25) is 4.99 Å². The third-order valence-electron chi connectivity index (χ3n) is 2.47. The lowest BCUT2D eigenvalue weighted by atomic mass is 9.99. The molecule has 1 saturated heterocycles. The summed E-state index contributed by atoms with van der Waals surface area (Å²) in [5.74, 6) is 0. The second kappa shape index (κ2) is 3.79. The number of hydrogen-bond acceptors (Lipinski definition) is 6. The molecular formula is C8H13NO4S. The van der Waals surface area contributed by atoms with Gasteiger partial charge >= 0.3 is 0 Å². The summed E-state index contributed by atoms with van der Waals surface area (Å²) >= 11 is 1.42. The average molecular weight is 219 g/mol. The van der Waals surface area contributed by atoms with E-state index in [4.69, 9.17) is 9.84 Å². The highest BCUT2D eigenvalue weighted by atomic mass is 32.2. The average Bonchev–Trinajstić information content (AvgIpc) is 2.52. The quantitative estimate of drug-likeness (QED) is 0.525. The van der Waals surface area contributed by atoms with E-state index in [0.717, 1.165) is 5.04 Å². The van der Waals surface area contributed by atoms with Crippen molar-refractivity contribution < 1.29 is 20.1 Å². The SMILES string of the molecule is CC1=NC2C(OC(CO)[C@@H](O)[C@@H]2O)S1. The van der Waals surface area contributed by atoms with E-state index >= 15 is 0 Å². The number of fused-ring (bicyclic) bond motifs is 1. The summed E-state index contributed by atoms with van der Waals surface area (Å²) in [5, 5.41) is 29.0. The Balaban J connectivity index is 2.14. The largest absolute Gasteiger partial charge is 0.394 e. The molecule has 2 aliphatic heterocycles. The molecule has 0 radical (unpaired) electrons. The highest BCUT2D eigenvalue weighted by Gasteiger charge is 2.47. The van der Waals surface area contributed by atoms with Crippen molar-refractivity contribution in [2.24, 2.45) is 4.99 Å². The van der Waals surface area contributed by atoms with E-state index in [-0.39, 0.29) is 12.0 Å². The summed E-state index contributed by atoms with van der Waals surface area (Å²) in [6.45, 7) is 1.54. The fourth-order valence-electron chi connectivity index (χ4n) is 1.71. The Morgan fingerprint density at radius 1 is 1.43 bits per heavy atom. The molecule has 2 heterocycles. The molecule has 0 amide bonds. The van der Waals surface area contributed by atoms with Crippen LogP contribution in [0.1, 0.15) is 6.92 Å². The van der Waals surface area contributed by atoms with Crippen LogP contribution in [-0.4, -0.2) is 56.8 Å². The van der Waals surface area contributed by atoms with Crippen molar-refractivity contribution in [3.63, 3.8) is 0 Å². The maximum atomic E-state index is 9.71. The smallest absolute Gasteiger partial charge is 0.134 e. The first-order valence-corrected chi connectivity index (χ1v) is 5.35. The number of thioether (sulfide) groups is 1. The molecule has 0 bridgehead atoms. The number of nitrogens with zero attached hydrogens (tertiary/aromatic N) is 1. The summed E-state index contributed by atoms with van der Waals surface area (Å²) in [6, 6.07) is -0.405. The third-order valence-corrected chi connectivity index (χ3v) is 3.53. The molecule has 14 heavy (non-hydrogen) atoms. The fraction of sp³-hybridized carbons (Fsp3) is 0.875. The van der Waals surface area contributed by atoms with E-state index in [9.17, 15) is 10.2 Å². The van der Waals surface area contributed by atoms with Crippen LogP contribution in [0.3, 0.4) is 0 Å². The number of rotatable bonds is 1. The van der Waals surface area contributed by atoms with Gasteiger partial charge in [0, 0.05) is 0 Å². The van der Waals surface area contributed by atoms with Crippen molar-refractivity contribution in [2.45, 2.75) is 36.7 Å². The van der Waals surface area contributed by atoms with E-state index < -0.39 is 24.4 Å². The van der Waals surface area contributed by atoms with Gasteiger partial charge in [-0.15, -0.1) is 0 Å². The molecule has 0 spiro atoms. The van der Waals surface area contributed by atoms with E-state index in [1.807, 2.05) is 6.92 Å². The van der Waals surface area contributed by atoms with Crippen LogP contribution in [-0.2, 0) is 4.74 Å². The fourth-order valence-corrected chi connectivity index (χ4v) is 2.79. The second-order valence-corrected chi connectivity index (χ2v) is 4.75. The van der Waals surface area contributed by atoms with Crippen LogP contribution in [0.15, 0.2) is 4.99 Å². The summed E-state index contributed by atoms with van der Waals surface area (Å²) in [5.41, 5.74) is -0.273. The lowest BCUT2D eigenvalue weighted by Crippen LogP contribution is -2.55. The standard InChI is InChI=1S/C8H13NO4S/c1-3-9-5-7(12)6(11)4(2-10)13-8(5)14-3/h4-8,10-12H,2H2,1H3/t4?,5?,6-,7-,8?/m1/s1. The van der Waals surface area contributed by atoms with Crippen molar-refractivity contribution in [3.05, 3.63) is 0 Å². The molecule has 1 fully saturated rings. The lowest BCUT2D eigenvalue weighted by Gasteiger charge is -2.37. The maximum absolute atomic E-state index is 9.71. The predicted molar refractivity (Wildman–Crippen MR) is 52.2 cm³/mol. The number of hydrogen-bond donors (Lipinski definition) is 3. The molecule has 0 aromatic heterocycles. The molecule has 0 saturated carbocycles. The third kappa shape index (κ3) is 1.57. The molecule has 80 valence electrons. The molecule has 0 aromatic carbocycles. The second-order valence-electron chi connectivity index (χ2n) is 3.46. The Kier molecular flexibility index (Phi) is 2.81. The summed E-state index contributed by atoms with van der Waals surface area (Å²) in [4.78, 5) is 4.17. The van der Waals surface area contributed by atoms with Gasteiger partial charge in [0.25, 0.3) is 0 Å². The van der Waals surface area contributed by atoms with Crippen molar-refractivity contribution >= 4 is 16.8 Å². The molecule has 3 N–H and O–H groups in total.